The summed E-state index contributed by atoms with van der Waals surface area (Å²) in [5.74, 6) is 1.21. The quantitative estimate of drug-likeness (QED) is 0.739. The van der Waals surface area contributed by atoms with E-state index in [1.165, 1.54) is 0 Å². The maximum atomic E-state index is 12.7. The lowest BCUT2D eigenvalue weighted by Crippen LogP contribution is -2.36. The van der Waals surface area contributed by atoms with Gasteiger partial charge in [0, 0.05) is 35.9 Å². The van der Waals surface area contributed by atoms with E-state index < -0.39 is 0 Å². The maximum Gasteiger partial charge on any atom is 0.255 e. The lowest BCUT2D eigenvalue weighted by Gasteiger charge is -2.11. The number of rotatable bonds is 5. The van der Waals surface area contributed by atoms with Crippen molar-refractivity contribution in [3.05, 3.63) is 59.6 Å². The van der Waals surface area contributed by atoms with E-state index in [0.717, 1.165) is 30.5 Å². The van der Waals surface area contributed by atoms with Gasteiger partial charge in [0.2, 0.25) is 0 Å². The van der Waals surface area contributed by atoms with Crippen molar-refractivity contribution < 1.29 is 13.9 Å². The number of hydrogen-bond donors (Lipinski definition) is 2. The Morgan fingerprint density at radius 2 is 2.35 bits per heavy atom. The first-order valence-electron chi connectivity index (χ1n) is 8.77. The van der Waals surface area contributed by atoms with Crippen LogP contribution in [0.25, 0.3) is 11.0 Å². The third-order valence-electron chi connectivity index (χ3n) is 4.59. The number of pyridine rings is 1. The van der Waals surface area contributed by atoms with Crippen LogP contribution in [0.4, 0.5) is 0 Å². The number of amides is 1. The second-order valence-electron chi connectivity index (χ2n) is 6.50. The molecule has 2 N–H and O–H groups in total. The van der Waals surface area contributed by atoms with Gasteiger partial charge < -0.3 is 19.8 Å². The predicted octanol–water partition coefficient (Wildman–Crippen LogP) is 2.81. The molecule has 0 spiro atoms. The zero-order valence-corrected chi connectivity index (χ0v) is 14.6. The number of hydrogen-bond acceptors (Lipinski definition) is 5. The van der Waals surface area contributed by atoms with Crippen LogP contribution in [0, 0.1) is 6.92 Å². The molecule has 0 aliphatic carbocycles. The molecule has 1 amide bonds. The number of benzene rings is 1. The Bertz CT molecular complexity index is 915. The molecule has 1 saturated heterocycles. The molecule has 3 aromatic rings. The molecule has 1 aromatic carbocycles. The van der Waals surface area contributed by atoms with E-state index in [0.29, 0.717) is 29.3 Å². The normalized spacial score (nSPS) is 16.7. The van der Waals surface area contributed by atoms with E-state index in [2.05, 4.69) is 15.6 Å². The van der Waals surface area contributed by atoms with Crippen LogP contribution in [-0.4, -0.2) is 30.0 Å². The zero-order valence-electron chi connectivity index (χ0n) is 14.6. The topological polar surface area (TPSA) is 76.4 Å². The summed E-state index contributed by atoms with van der Waals surface area (Å²) in [4.78, 5) is 16.8. The van der Waals surface area contributed by atoms with Crippen molar-refractivity contribution in [1.29, 1.82) is 0 Å². The summed E-state index contributed by atoms with van der Waals surface area (Å²) in [5, 5.41) is 7.11. The average molecular weight is 351 g/mol. The van der Waals surface area contributed by atoms with Gasteiger partial charge in [0.05, 0.1) is 5.56 Å². The Balaban J connectivity index is 1.57. The summed E-state index contributed by atoms with van der Waals surface area (Å²) in [6.07, 6.45) is 4.45. The Morgan fingerprint density at radius 1 is 1.42 bits per heavy atom. The molecular weight excluding hydrogens is 330 g/mol. The average Bonchev–Trinajstić information content (AvgIpc) is 3.27. The van der Waals surface area contributed by atoms with Crippen molar-refractivity contribution in [3.63, 3.8) is 0 Å². The molecule has 1 fully saturated rings. The summed E-state index contributed by atoms with van der Waals surface area (Å²) in [6.45, 7) is 3.98. The second-order valence-corrected chi connectivity index (χ2v) is 6.50. The fraction of sp³-hybridized carbons (Fsp3) is 0.300. The Morgan fingerprint density at radius 3 is 3.12 bits per heavy atom. The van der Waals surface area contributed by atoms with Gasteiger partial charge in [-0.25, -0.2) is 0 Å². The molecule has 1 unspecified atom stereocenters. The van der Waals surface area contributed by atoms with Crippen LogP contribution in [0.1, 0.15) is 28.1 Å². The number of carbonyl (C=O) groups excluding carboxylic acids is 1. The van der Waals surface area contributed by atoms with Crippen molar-refractivity contribution in [2.24, 2.45) is 0 Å². The lowest BCUT2D eigenvalue weighted by atomic mass is 10.1. The molecule has 0 radical (unpaired) electrons. The van der Waals surface area contributed by atoms with Gasteiger partial charge in [-0.3, -0.25) is 9.78 Å². The molecule has 1 atom stereocenters. The number of nitrogens with one attached hydrogen (secondary N) is 2. The highest BCUT2D eigenvalue weighted by Crippen LogP contribution is 2.29. The minimum Gasteiger partial charge on any atom is -0.489 e. The van der Waals surface area contributed by atoms with Gasteiger partial charge in [-0.15, -0.1) is 0 Å². The molecule has 4 rings (SSSR count). The molecular formula is C20H21N3O3. The number of furan rings is 1. The van der Waals surface area contributed by atoms with Gasteiger partial charge in [0.25, 0.3) is 5.91 Å². The minimum atomic E-state index is -0.0978. The highest BCUT2D eigenvalue weighted by molar-refractivity contribution is 6.07. The number of carbonyl (C=O) groups is 1. The monoisotopic (exact) mass is 351 g/mol. The molecule has 0 saturated carbocycles. The Labute approximate surface area is 151 Å². The van der Waals surface area contributed by atoms with Crippen molar-refractivity contribution in [2.75, 3.05) is 13.1 Å². The number of aromatic nitrogens is 1. The number of ether oxygens (including phenoxy) is 1. The lowest BCUT2D eigenvalue weighted by molar-refractivity contribution is 0.0940. The Hall–Kier alpha value is -2.86. The molecule has 134 valence electrons. The summed E-state index contributed by atoms with van der Waals surface area (Å²) < 4.78 is 11.6. The summed E-state index contributed by atoms with van der Waals surface area (Å²) in [6, 6.07) is 9.56. The van der Waals surface area contributed by atoms with Crippen molar-refractivity contribution in [3.8, 4) is 5.75 Å². The molecule has 1 aliphatic heterocycles. The first-order chi connectivity index (χ1) is 12.7. The first kappa shape index (κ1) is 16.6. The molecule has 0 bridgehead atoms. The molecule has 1 aliphatic rings. The van der Waals surface area contributed by atoms with Crippen LogP contribution >= 0.6 is 0 Å². The van der Waals surface area contributed by atoms with Gasteiger partial charge in [-0.05, 0) is 44.2 Å². The van der Waals surface area contributed by atoms with E-state index in [9.17, 15) is 4.79 Å². The molecule has 6 heteroatoms. The van der Waals surface area contributed by atoms with Crippen LogP contribution in [-0.2, 0) is 6.61 Å². The van der Waals surface area contributed by atoms with E-state index in [1.807, 2.05) is 37.3 Å². The third-order valence-corrected chi connectivity index (χ3v) is 4.59. The first-order valence-corrected chi connectivity index (χ1v) is 8.77. The fourth-order valence-electron chi connectivity index (χ4n) is 3.26. The van der Waals surface area contributed by atoms with Crippen molar-refractivity contribution >= 4 is 16.9 Å². The van der Waals surface area contributed by atoms with Gasteiger partial charge >= 0.3 is 0 Å². The predicted molar refractivity (Wildman–Crippen MR) is 98.3 cm³/mol. The van der Waals surface area contributed by atoms with E-state index >= 15 is 0 Å². The third kappa shape index (κ3) is 3.41. The van der Waals surface area contributed by atoms with Crippen LogP contribution in [0.2, 0.25) is 0 Å². The van der Waals surface area contributed by atoms with Crippen molar-refractivity contribution in [1.82, 2.24) is 15.6 Å². The van der Waals surface area contributed by atoms with Crippen molar-refractivity contribution in [2.45, 2.75) is 26.0 Å². The van der Waals surface area contributed by atoms with E-state index in [4.69, 9.17) is 9.15 Å². The van der Waals surface area contributed by atoms with Gasteiger partial charge in [-0.2, -0.15) is 0 Å². The highest BCUT2D eigenvalue weighted by atomic mass is 16.5. The van der Waals surface area contributed by atoms with Crippen LogP contribution < -0.4 is 15.4 Å². The number of fused-ring (bicyclic) bond motifs is 1. The summed E-state index contributed by atoms with van der Waals surface area (Å²) >= 11 is 0. The molecule has 6 nitrogen and oxygen atoms in total. The fourth-order valence-corrected chi connectivity index (χ4v) is 3.26. The van der Waals surface area contributed by atoms with E-state index in [-0.39, 0.29) is 11.9 Å². The molecule has 2 aromatic heterocycles. The molecule has 3 heterocycles. The van der Waals surface area contributed by atoms with Crippen LogP contribution in [0.15, 0.2) is 47.1 Å². The Kier molecular flexibility index (Phi) is 4.58. The number of aryl methyl sites for hydroxylation is 1. The van der Waals surface area contributed by atoms with Crippen LogP contribution in [0.3, 0.4) is 0 Å². The zero-order chi connectivity index (χ0) is 17.9. The summed E-state index contributed by atoms with van der Waals surface area (Å²) in [7, 11) is 0. The van der Waals surface area contributed by atoms with E-state index in [1.54, 1.807) is 12.4 Å². The largest absolute Gasteiger partial charge is 0.489 e. The minimum absolute atomic E-state index is 0.0978. The van der Waals surface area contributed by atoms with Gasteiger partial charge in [0.15, 0.2) is 0 Å². The summed E-state index contributed by atoms with van der Waals surface area (Å²) in [5.41, 5.74) is 2.26. The SMILES string of the molecule is Cc1oc2ccc(OCc3cccnc3)cc2c1C(=O)NC1CCNC1. The highest BCUT2D eigenvalue weighted by Gasteiger charge is 2.23. The second kappa shape index (κ2) is 7.17. The van der Waals surface area contributed by atoms with Crippen LogP contribution in [0.5, 0.6) is 5.75 Å². The standard InChI is InChI=1S/C20H21N3O3/c1-13-19(20(24)23-15-6-8-22-11-15)17-9-16(4-5-18(17)26-13)25-12-14-3-2-7-21-10-14/h2-5,7,9-10,15,22H,6,8,11-12H2,1H3,(H,23,24). The smallest absolute Gasteiger partial charge is 0.255 e. The maximum absolute atomic E-state index is 12.7. The molecule has 26 heavy (non-hydrogen) atoms. The van der Waals surface area contributed by atoms with Gasteiger partial charge in [-0.1, -0.05) is 6.07 Å². The number of nitrogens with zero attached hydrogens (tertiary/aromatic N) is 1. The van der Waals surface area contributed by atoms with Gasteiger partial charge in [0.1, 0.15) is 23.7 Å².